The molecule has 3 aromatic rings. The van der Waals surface area contributed by atoms with Gasteiger partial charge in [0.2, 0.25) is 0 Å². The fraction of sp³-hybridized carbons (Fsp3) is 0. The molecule has 0 aliphatic heterocycles. The van der Waals surface area contributed by atoms with E-state index in [2.05, 4.69) is 36.8 Å². The molecular weight excluding hydrogens is 414 g/mol. The average molecular weight is 420 g/mol. The van der Waals surface area contributed by atoms with Crippen LogP contribution in [-0.2, 0) is 0 Å². The number of hydrogen-bond acceptors (Lipinski definition) is 1. The van der Waals surface area contributed by atoms with E-state index in [4.69, 9.17) is 12.2 Å². The number of aromatic amines is 1. The highest BCUT2D eigenvalue weighted by atomic mass is 79.9. The second-order valence-corrected chi connectivity index (χ2v) is 6.36. The molecule has 0 spiro atoms. The Kier molecular flexibility index (Phi) is 3.51. The molecule has 0 atom stereocenters. The Morgan fingerprint density at radius 3 is 2.30 bits per heavy atom. The molecular formula is C13H6Br2F2N2S. The molecule has 0 aliphatic rings. The number of nitrogens with one attached hydrogen (secondary N) is 1. The second-order valence-electron chi connectivity index (χ2n) is 4.15. The molecule has 2 nitrogen and oxygen atoms in total. The molecule has 0 bridgehead atoms. The summed E-state index contributed by atoms with van der Waals surface area (Å²) in [7, 11) is 0. The number of halogens is 4. The predicted octanol–water partition coefficient (Wildman–Crippen LogP) is 5.49. The first-order chi connectivity index (χ1) is 9.47. The standard InChI is InChI=1S/C13H6Br2F2N2S/c14-6-1-2-11-10(5-6)18-13(20)19(11)12-8(16)3-7(15)4-9(12)17/h1-5H,(H,18,20). The zero-order chi connectivity index (χ0) is 14.4. The van der Waals surface area contributed by atoms with E-state index in [-0.39, 0.29) is 10.5 Å². The Morgan fingerprint density at radius 2 is 1.65 bits per heavy atom. The van der Waals surface area contributed by atoms with Crippen molar-refractivity contribution in [1.29, 1.82) is 0 Å². The van der Waals surface area contributed by atoms with Crippen molar-refractivity contribution < 1.29 is 8.78 Å². The van der Waals surface area contributed by atoms with Crippen molar-refractivity contribution >= 4 is 55.1 Å². The monoisotopic (exact) mass is 418 g/mol. The third-order valence-electron chi connectivity index (χ3n) is 2.85. The minimum Gasteiger partial charge on any atom is -0.330 e. The molecule has 0 unspecified atom stereocenters. The Labute approximate surface area is 134 Å². The van der Waals surface area contributed by atoms with Gasteiger partial charge in [-0.05, 0) is 42.5 Å². The molecule has 0 aliphatic carbocycles. The van der Waals surface area contributed by atoms with Crippen LogP contribution in [0.1, 0.15) is 0 Å². The lowest BCUT2D eigenvalue weighted by Gasteiger charge is -2.08. The van der Waals surface area contributed by atoms with Crippen LogP contribution in [0.25, 0.3) is 16.7 Å². The van der Waals surface area contributed by atoms with Gasteiger partial charge in [-0.2, -0.15) is 0 Å². The lowest BCUT2D eigenvalue weighted by atomic mass is 10.2. The SMILES string of the molecule is Fc1cc(Br)cc(F)c1-n1c(=S)[nH]c2cc(Br)ccc21. The highest BCUT2D eigenvalue weighted by molar-refractivity contribution is 9.10. The molecule has 7 heteroatoms. The van der Waals surface area contributed by atoms with E-state index in [1.807, 2.05) is 0 Å². The number of H-pyrrole nitrogens is 1. The summed E-state index contributed by atoms with van der Waals surface area (Å²) in [5, 5.41) is 0. The van der Waals surface area contributed by atoms with Gasteiger partial charge in [0.1, 0.15) is 5.69 Å². The van der Waals surface area contributed by atoms with Crippen molar-refractivity contribution in [3.05, 3.63) is 55.7 Å². The van der Waals surface area contributed by atoms with Crippen molar-refractivity contribution in [2.45, 2.75) is 0 Å². The molecule has 102 valence electrons. The summed E-state index contributed by atoms with van der Waals surface area (Å²) in [6, 6.07) is 7.74. The first-order valence-electron chi connectivity index (χ1n) is 5.52. The summed E-state index contributed by atoms with van der Waals surface area (Å²) in [4.78, 5) is 2.94. The number of hydrogen-bond donors (Lipinski definition) is 1. The van der Waals surface area contributed by atoms with Crippen molar-refractivity contribution in [2.75, 3.05) is 0 Å². The van der Waals surface area contributed by atoms with Gasteiger partial charge in [0, 0.05) is 8.95 Å². The summed E-state index contributed by atoms with van der Waals surface area (Å²) in [6.45, 7) is 0. The largest absolute Gasteiger partial charge is 0.330 e. The highest BCUT2D eigenvalue weighted by Gasteiger charge is 2.16. The van der Waals surface area contributed by atoms with Crippen LogP contribution in [0.4, 0.5) is 8.78 Å². The number of benzene rings is 2. The van der Waals surface area contributed by atoms with Gasteiger partial charge in [0.15, 0.2) is 16.4 Å². The number of fused-ring (bicyclic) bond motifs is 1. The topological polar surface area (TPSA) is 20.7 Å². The number of imidazole rings is 1. The molecule has 1 heterocycles. The molecule has 0 saturated carbocycles. The Balaban J connectivity index is 2.41. The summed E-state index contributed by atoms with van der Waals surface area (Å²) in [5.74, 6) is -1.37. The zero-order valence-corrected chi connectivity index (χ0v) is 13.7. The van der Waals surface area contributed by atoms with E-state index in [1.165, 1.54) is 16.7 Å². The maximum Gasteiger partial charge on any atom is 0.182 e. The summed E-state index contributed by atoms with van der Waals surface area (Å²) < 4.78 is 31.0. The van der Waals surface area contributed by atoms with E-state index >= 15 is 0 Å². The second kappa shape index (κ2) is 5.05. The Hall–Kier alpha value is -1.05. The van der Waals surface area contributed by atoms with Gasteiger partial charge in [-0.3, -0.25) is 4.57 Å². The fourth-order valence-corrected chi connectivity index (χ4v) is 3.12. The first-order valence-corrected chi connectivity index (χ1v) is 7.52. The zero-order valence-electron chi connectivity index (χ0n) is 9.75. The molecule has 1 aromatic heterocycles. The van der Waals surface area contributed by atoms with Crippen LogP contribution in [0.3, 0.4) is 0 Å². The smallest absolute Gasteiger partial charge is 0.182 e. The van der Waals surface area contributed by atoms with Crippen molar-refractivity contribution in [3.63, 3.8) is 0 Å². The van der Waals surface area contributed by atoms with Crippen molar-refractivity contribution in [2.24, 2.45) is 0 Å². The average Bonchev–Trinajstić information content (AvgIpc) is 2.64. The van der Waals surface area contributed by atoms with Crippen LogP contribution in [-0.4, -0.2) is 9.55 Å². The van der Waals surface area contributed by atoms with Gasteiger partial charge in [-0.15, -0.1) is 0 Å². The number of rotatable bonds is 1. The van der Waals surface area contributed by atoms with Gasteiger partial charge >= 0.3 is 0 Å². The van der Waals surface area contributed by atoms with Gasteiger partial charge in [-0.1, -0.05) is 31.9 Å². The van der Waals surface area contributed by atoms with Crippen LogP contribution in [0, 0.1) is 16.4 Å². The molecule has 3 rings (SSSR count). The maximum absolute atomic E-state index is 14.1. The summed E-state index contributed by atoms with van der Waals surface area (Å²) in [5.41, 5.74) is 1.12. The molecule has 20 heavy (non-hydrogen) atoms. The molecule has 1 N–H and O–H groups in total. The number of nitrogens with zero attached hydrogens (tertiary/aromatic N) is 1. The lowest BCUT2D eigenvalue weighted by Crippen LogP contribution is -2.01. The van der Waals surface area contributed by atoms with E-state index in [0.717, 1.165) is 4.47 Å². The quantitative estimate of drug-likeness (QED) is 0.517. The maximum atomic E-state index is 14.1. The minimum absolute atomic E-state index is 0.188. The van der Waals surface area contributed by atoms with E-state index in [9.17, 15) is 8.78 Å². The van der Waals surface area contributed by atoms with E-state index < -0.39 is 11.6 Å². The van der Waals surface area contributed by atoms with Crippen LogP contribution in [0.2, 0.25) is 0 Å². The van der Waals surface area contributed by atoms with Crippen molar-refractivity contribution in [1.82, 2.24) is 9.55 Å². The molecule has 2 aromatic carbocycles. The minimum atomic E-state index is -0.684. The molecule has 0 radical (unpaired) electrons. The summed E-state index contributed by atoms with van der Waals surface area (Å²) in [6.07, 6.45) is 0. The van der Waals surface area contributed by atoms with Gasteiger partial charge in [-0.25, -0.2) is 8.78 Å². The molecule has 0 saturated heterocycles. The third kappa shape index (κ3) is 2.23. The highest BCUT2D eigenvalue weighted by Crippen LogP contribution is 2.28. The third-order valence-corrected chi connectivity index (χ3v) is 4.09. The van der Waals surface area contributed by atoms with Crippen LogP contribution < -0.4 is 0 Å². The predicted molar refractivity (Wildman–Crippen MR) is 83.8 cm³/mol. The number of aromatic nitrogens is 2. The summed E-state index contributed by atoms with van der Waals surface area (Å²) >= 11 is 11.6. The van der Waals surface area contributed by atoms with Gasteiger partial charge in [0.05, 0.1) is 11.0 Å². The lowest BCUT2D eigenvalue weighted by molar-refractivity contribution is 0.569. The first kappa shape index (κ1) is 13.9. The normalized spacial score (nSPS) is 11.2. The van der Waals surface area contributed by atoms with Crippen LogP contribution in [0.5, 0.6) is 0 Å². The molecule has 0 amide bonds. The Morgan fingerprint density at radius 1 is 1.00 bits per heavy atom. The fourth-order valence-electron chi connectivity index (χ4n) is 2.05. The Bertz CT molecular complexity index is 863. The van der Waals surface area contributed by atoms with Crippen molar-refractivity contribution in [3.8, 4) is 5.69 Å². The van der Waals surface area contributed by atoms with Crippen LogP contribution >= 0.6 is 44.1 Å². The van der Waals surface area contributed by atoms with Gasteiger partial charge in [0.25, 0.3) is 0 Å². The molecule has 0 fully saturated rings. The van der Waals surface area contributed by atoms with Gasteiger partial charge < -0.3 is 4.98 Å². The van der Waals surface area contributed by atoms with E-state index in [1.54, 1.807) is 18.2 Å². The van der Waals surface area contributed by atoms with Crippen LogP contribution in [0.15, 0.2) is 39.3 Å². The van der Waals surface area contributed by atoms with E-state index in [0.29, 0.717) is 15.5 Å².